The van der Waals surface area contributed by atoms with Crippen LogP contribution in [0.4, 0.5) is 0 Å². The van der Waals surface area contributed by atoms with E-state index in [0.717, 1.165) is 5.56 Å². The number of nitrogens with two attached hydrogens (primary N) is 1. The summed E-state index contributed by atoms with van der Waals surface area (Å²) in [6.45, 7) is 6.18. The lowest BCUT2D eigenvalue weighted by Crippen LogP contribution is -2.60. The first-order chi connectivity index (χ1) is 15.0. The Morgan fingerprint density at radius 1 is 0.906 bits per heavy atom. The van der Waals surface area contributed by atoms with Crippen LogP contribution in [0.5, 0.6) is 0 Å². The molecule has 178 valence electrons. The Morgan fingerprint density at radius 2 is 1.44 bits per heavy atom. The molecule has 0 fully saturated rings. The second kappa shape index (κ2) is 12.8. The van der Waals surface area contributed by atoms with Crippen LogP contribution < -0.4 is 21.7 Å². The van der Waals surface area contributed by atoms with Gasteiger partial charge < -0.3 is 31.9 Å². The number of carbonyl (C=O) groups is 4. The van der Waals surface area contributed by atoms with E-state index in [0.29, 0.717) is 6.42 Å². The van der Waals surface area contributed by atoms with Crippen molar-refractivity contribution < 1.29 is 29.4 Å². The van der Waals surface area contributed by atoms with E-state index in [1.54, 1.807) is 6.92 Å². The van der Waals surface area contributed by atoms with Gasteiger partial charge in [-0.05, 0) is 31.7 Å². The molecule has 0 aliphatic heterocycles. The molecule has 0 heterocycles. The van der Waals surface area contributed by atoms with Crippen molar-refractivity contribution in [2.45, 2.75) is 70.8 Å². The molecule has 10 heteroatoms. The molecule has 1 rings (SSSR count). The van der Waals surface area contributed by atoms with Crippen molar-refractivity contribution in [3.8, 4) is 0 Å². The number of aliphatic hydroxyl groups is 1. The van der Waals surface area contributed by atoms with E-state index in [1.807, 2.05) is 37.3 Å². The minimum atomic E-state index is -1.35. The maximum atomic E-state index is 12.8. The van der Waals surface area contributed by atoms with Crippen molar-refractivity contribution in [1.29, 1.82) is 0 Å². The van der Waals surface area contributed by atoms with Gasteiger partial charge in [-0.3, -0.25) is 19.2 Å². The van der Waals surface area contributed by atoms with Crippen molar-refractivity contribution in [1.82, 2.24) is 16.0 Å². The quantitative estimate of drug-likeness (QED) is 0.250. The van der Waals surface area contributed by atoms with Crippen LogP contribution in [0.3, 0.4) is 0 Å². The van der Waals surface area contributed by atoms with Gasteiger partial charge in [0.15, 0.2) is 0 Å². The molecule has 1 aromatic carbocycles. The number of nitrogens with one attached hydrogen (secondary N) is 3. The van der Waals surface area contributed by atoms with Gasteiger partial charge in [0.2, 0.25) is 17.7 Å². The molecule has 0 aliphatic rings. The highest BCUT2D eigenvalue weighted by atomic mass is 16.4. The monoisotopic (exact) mass is 450 g/mol. The molecule has 7 N–H and O–H groups in total. The van der Waals surface area contributed by atoms with E-state index in [1.165, 1.54) is 13.8 Å². The van der Waals surface area contributed by atoms with Crippen molar-refractivity contribution in [3.63, 3.8) is 0 Å². The average Bonchev–Trinajstić information content (AvgIpc) is 2.74. The molecule has 10 nitrogen and oxygen atoms in total. The largest absolute Gasteiger partial charge is 0.480 e. The third-order valence-electron chi connectivity index (χ3n) is 5.22. The highest BCUT2D eigenvalue weighted by molar-refractivity contribution is 5.94. The SMILES string of the molecule is CCC(C)C(NC(=O)C(NC(=O)C(N)Cc1ccccc1)C(C)O)C(=O)NC(C)C(=O)O. The number of rotatable bonds is 12. The van der Waals surface area contributed by atoms with Crippen LogP contribution in [0.2, 0.25) is 0 Å². The summed E-state index contributed by atoms with van der Waals surface area (Å²) >= 11 is 0. The zero-order valence-corrected chi connectivity index (χ0v) is 18.9. The summed E-state index contributed by atoms with van der Waals surface area (Å²) < 4.78 is 0. The van der Waals surface area contributed by atoms with Crippen molar-refractivity contribution in [2.24, 2.45) is 11.7 Å². The number of aliphatic carboxylic acids is 1. The summed E-state index contributed by atoms with van der Waals surface area (Å²) in [5, 5.41) is 26.4. The summed E-state index contributed by atoms with van der Waals surface area (Å²) in [7, 11) is 0. The molecule has 0 aromatic heterocycles. The van der Waals surface area contributed by atoms with Crippen molar-refractivity contribution in [2.75, 3.05) is 0 Å². The van der Waals surface area contributed by atoms with Crippen LogP contribution >= 0.6 is 0 Å². The van der Waals surface area contributed by atoms with E-state index in [-0.39, 0.29) is 12.3 Å². The number of hydrogen-bond acceptors (Lipinski definition) is 6. The fourth-order valence-corrected chi connectivity index (χ4v) is 2.94. The second-order valence-corrected chi connectivity index (χ2v) is 7.96. The maximum Gasteiger partial charge on any atom is 0.325 e. The molecule has 0 bridgehead atoms. The highest BCUT2D eigenvalue weighted by Crippen LogP contribution is 2.10. The molecular formula is C22H34N4O6. The molecule has 32 heavy (non-hydrogen) atoms. The Bertz CT molecular complexity index is 786. The van der Waals surface area contributed by atoms with Gasteiger partial charge in [0, 0.05) is 0 Å². The van der Waals surface area contributed by atoms with Gasteiger partial charge in [-0.15, -0.1) is 0 Å². The summed E-state index contributed by atoms with van der Waals surface area (Å²) in [5.74, 6) is -3.61. The smallest absolute Gasteiger partial charge is 0.325 e. The molecule has 0 aliphatic carbocycles. The van der Waals surface area contributed by atoms with Crippen LogP contribution in [0.15, 0.2) is 30.3 Å². The molecule has 0 saturated heterocycles. The molecule has 6 unspecified atom stereocenters. The van der Waals surface area contributed by atoms with Gasteiger partial charge in [0.1, 0.15) is 18.1 Å². The number of hydrogen-bond donors (Lipinski definition) is 6. The summed E-state index contributed by atoms with van der Waals surface area (Å²) in [6, 6.07) is 4.62. The minimum absolute atomic E-state index is 0.242. The standard InChI is InChI=1S/C22H34N4O6/c1-5-12(2)17(20(29)24-13(3)22(31)32)25-21(30)18(14(4)27)26-19(28)16(23)11-15-9-7-6-8-10-15/h6-10,12-14,16-18,27H,5,11,23H2,1-4H3,(H,24,29)(H,25,30)(H,26,28)(H,31,32). The van der Waals surface area contributed by atoms with Crippen LogP contribution in [-0.2, 0) is 25.6 Å². The van der Waals surface area contributed by atoms with Crippen LogP contribution in [0.1, 0.15) is 39.7 Å². The van der Waals surface area contributed by atoms with Gasteiger partial charge in [-0.1, -0.05) is 50.6 Å². The fourth-order valence-electron chi connectivity index (χ4n) is 2.94. The summed E-state index contributed by atoms with van der Waals surface area (Å²) in [4.78, 5) is 49.0. The van der Waals surface area contributed by atoms with E-state index in [4.69, 9.17) is 10.8 Å². The minimum Gasteiger partial charge on any atom is -0.480 e. The lowest BCUT2D eigenvalue weighted by atomic mass is 9.97. The maximum absolute atomic E-state index is 12.8. The van der Waals surface area contributed by atoms with E-state index >= 15 is 0 Å². The third-order valence-corrected chi connectivity index (χ3v) is 5.22. The number of aliphatic hydroxyl groups excluding tert-OH is 1. The van der Waals surface area contributed by atoms with Gasteiger partial charge >= 0.3 is 5.97 Å². The number of amides is 3. The number of carboxylic acid groups (broad SMARTS) is 1. The van der Waals surface area contributed by atoms with Crippen LogP contribution in [0, 0.1) is 5.92 Å². The summed E-state index contributed by atoms with van der Waals surface area (Å²) in [5.41, 5.74) is 6.80. The van der Waals surface area contributed by atoms with Gasteiger partial charge in [0.05, 0.1) is 12.1 Å². The summed E-state index contributed by atoms with van der Waals surface area (Å²) in [6.07, 6.45) is -0.499. The lowest BCUT2D eigenvalue weighted by Gasteiger charge is -2.28. The van der Waals surface area contributed by atoms with Crippen LogP contribution in [-0.4, -0.2) is 64.2 Å². The topological polar surface area (TPSA) is 171 Å². The molecular weight excluding hydrogens is 416 g/mol. The predicted octanol–water partition coefficient (Wildman–Crippen LogP) is -0.458. The molecule has 0 saturated carbocycles. The predicted molar refractivity (Wildman–Crippen MR) is 118 cm³/mol. The molecule has 3 amide bonds. The first-order valence-electron chi connectivity index (χ1n) is 10.6. The van der Waals surface area contributed by atoms with Gasteiger partial charge in [-0.2, -0.15) is 0 Å². The van der Waals surface area contributed by atoms with Gasteiger partial charge in [-0.25, -0.2) is 0 Å². The van der Waals surface area contributed by atoms with Gasteiger partial charge in [0.25, 0.3) is 0 Å². The lowest BCUT2D eigenvalue weighted by molar-refractivity contribution is -0.142. The Labute approximate surface area is 187 Å². The van der Waals surface area contributed by atoms with E-state index in [2.05, 4.69) is 16.0 Å². The zero-order valence-electron chi connectivity index (χ0n) is 18.9. The first-order valence-corrected chi connectivity index (χ1v) is 10.6. The molecule has 1 aromatic rings. The first kappa shape index (κ1) is 27.1. The zero-order chi connectivity index (χ0) is 24.4. The fraction of sp³-hybridized carbons (Fsp3) is 0.545. The molecule has 0 spiro atoms. The molecule has 0 radical (unpaired) electrons. The normalized spacial score (nSPS) is 16.6. The Hall–Kier alpha value is -2.98. The number of carbonyl (C=O) groups excluding carboxylic acids is 3. The second-order valence-electron chi connectivity index (χ2n) is 7.96. The van der Waals surface area contributed by atoms with Crippen molar-refractivity contribution in [3.05, 3.63) is 35.9 Å². The Morgan fingerprint density at radius 3 is 1.94 bits per heavy atom. The highest BCUT2D eigenvalue weighted by Gasteiger charge is 2.33. The average molecular weight is 451 g/mol. The van der Waals surface area contributed by atoms with Crippen molar-refractivity contribution >= 4 is 23.7 Å². The number of benzene rings is 1. The van der Waals surface area contributed by atoms with E-state index < -0.39 is 54.0 Å². The van der Waals surface area contributed by atoms with Crippen LogP contribution in [0.25, 0.3) is 0 Å². The van der Waals surface area contributed by atoms with E-state index in [9.17, 15) is 24.3 Å². The molecule has 6 atom stereocenters. The number of carboxylic acids is 1. The Kier molecular flexibility index (Phi) is 10.8. The third kappa shape index (κ3) is 8.27. The Balaban J connectivity index is 2.88.